The maximum atomic E-state index is 4.44. The van der Waals surface area contributed by atoms with E-state index in [4.69, 9.17) is 0 Å². The predicted molar refractivity (Wildman–Crippen MR) is 86.7 cm³/mol. The molecule has 2 heteroatoms. The lowest BCUT2D eigenvalue weighted by molar-refractivity contribution is 0.246. The zero-order valence-corrected chi connectivity index (χ0v) is 12.5. The number of nitrogens with zero attached hydrogens (tertiary/aromatic N) is 2. The van der Waals surface area contributed by atoms with Crippen LogP contribution in [0.1, 0.15) is 25.8 Å². The van der Waals surface area contributed by atoms with Gasteiger partial charge in [-0.05, 0) is 36.6 Å². The zero-order chi connectivity index (χ0) is 14.4. The van der Waals surface area contributed by atoms with E-state index in [9.17, 15) is 0 Å². The van der Waals surface area contributed by atoms with E-state index in [2.05, 4.69) is 54.6 Å². The standard InChI is InChI=1S/C18H24N2/c1-4-12-20(13-15(3)5-2)14-16-10-11-19-18-9-7-6-8-17(16)18/h5-11,15H,2,4,12-14H2,1,3H3. The first kappa shape index (κ1) is 14.7. The topological polar surface area (TPSA) is 16.1 Å². The summed E-state index contributed by atoms with van der Waals surface area (Å²) in [7, 11) is 0. The van der Waals surface area contributed by atoms with Gasteiger partial charge in [0.15, 0.2) is 0 Å². The highest BCUT2D eigenvalue weighted by Crippen LogP contribution is 2.18. The minimum absolute atomic E-state index is 0.523. The van der Waals surface area contributed by atoms with Crippen molar-refractivity contribution in [2.24, 2.45) is 5.92 Å². The minimum atomic E-state index is 0.523. The van der Waals surface area contributed by atoms with Crippen LogP contribution in [0.5, 0.6) is 0 Å². The Morgan fingerprint density at radius 2 is 2.10 bits per heavy atom. The van der Waals surface area contributed by atoms with Gasteiger partial charge in [0, 0.05) is 24.7 Å². The summed E-state index contributed by atoms with van der Waals surface area (Å²) in [5, 5.41) is 1.27. The molecule has 0 spiro atoms. The van der Waals surface area contributed by atoms with Crippen molar-refractivity contribution in [2.45, 2.75) is 26.8 Å². The molecule has 0 bridgehead atoms. The third-order valence-corrected chi connectivity index (χ3v) is 3.62. The Hall–Kier alpha value is -1.67. The fraction of sp³-hybridized carbons (Fsp3) is 0.389. The molecule has 0 aliphatic carbocycles. The van der Waals surface area contributed by atoms with E-state index in [1.54, 1.807) is 0 Å². The molecule has 2 rings (SSSR count). The summed E-state index contributed by atoms with van der Waals surface area (Å²) < 4.78 is 0. The molecule has 1 unspecified atom stereocenters. The van der Waals surface area contributed by atoms with E-state index < -0.39 is 0 Å². The van der Waals surface area contributed by atoms with Gasteiger partial charge >= 0.3 is 0 Å². The van der Waals surface area contributed by atoms with Gasteiger partial charge < -0.3 is 0 Å². The minimum Gasteiger partial charge on any atom is -0.298 e. The van der Waals surface area contributed by atoms with Gasteiger partial charge in [-0.1, -0.05) is 38.1 Å². The van der Waals surface area contributed by atoms with Gasteiger partial charge in [0.1, 0.15) is 0 Å². The van der Waals surface area contributed by atoms with Crippen molar-refractivity contribution in [1.82, 2.24) is 9.88 Å². The molecule has 0 fully saturated rings. The molecule has 0 N–H and O–H groups in total. The van der Waals surface area contributed by atoms with Crippen molar-refractivity contribution in [1.29, 1.82) is 0 Å². The number of para-hydroxylation sites is 1. The summed E-state index contributed by atoms with van der Waals surface area (Å²) in [4.78, 5) is 6.95. The number of aromatic nitrogens is 1. The van der Waals surface area contributed by atoms with Crippen LogP contribution in [0.25, 0.3) is 10.9 Å². The molecule has 1 aromatic carbocycles. The number of hydrogen-bond donors (Lipinski definition) is 0. The molecular weight excluding hydrogens is 244 g/mol. The molecule has 1 atom stereocenters. The summed E-state index contributed by atoms with van der Waals surface area (Å²) >= 11 is 0. The van der Waals surface area contributed by atoms with Crippen molar-refractivity contribution in [3.8, 4) is 0 Å². The van der Waals surface area contributed by atoms with Crippen LogP contribution in [0, 0.1) is 5.92 Å². The van der Waals surface area contributed by atoms with Crippen molar-refractivity contribution < 1.29 is 0 Å². The van der Waals surface area contributed by atoms with Crippen LogP contribution in [0.3, 0.4) is 0 Å². The highest BCUT2D eigenvalue weighted by Gasteiger charge is 2.10. The van der Waals surface area contributed by atoms with Crippen molar-refractivity contribution in [3.05, 3.63) is 54.7 Å². The third kappa shape index (κ3) is 3.67. The first-order valence-electron chi connectivity index (χ1n) is 7.42. The molecule has 0 aliphatic heterocycles. The summed E-state index contributed by atoms with van der Waals surface area (Å²) in [6.07, 6.45) is 5.12. The quantitative estimate of drug-likeness (QED) is 0.697. The number of fused-ring (bicyclic) bond motifs is 1. The Morgan fingerprint density at radius 3 is 2.85 bits per heavy atom. The number of hydrogen-bond acceptors (Lipinski definition) is 2. The molecule has 1 heterocycles. The van der Waals surface area contributed by atoms with Gasteiger partial charge in [-0.3, -0.25) is 9.88 Å². The van der Waals surface area contributed by atoms with Crippen molar-refractivity contribution in [3.63, 3.8) is 0 Å². The fourth-order valence-electron chi connectivity index (χ4n) is 2.57. The van der Waals surface area contributed by atoms with Crippen LogP contribution in [-0.4, -0.2) is 23.0 Å². The molecule has 2 nitrogen and oxygen atoms in total. The van der Waals surface area contributed by atoms with Gasteiger partial charge in [0.2, 0.25) is 0 Å². The summed E-state index contributed by atoms with van der Waals surface area (Å²) in [6, 6.07) is 10.5. The van der Waals surface area contributed by atoms with Crippen LogP contribution in [0.4, 0.5) is 0 Å². The first-order chi connectivity index (χ1) is 9.74. The molecule has 0 radical (unpaired) electrons. The van der Waals surface area contributed by atoms with Gasteiger partial charge in [0.05, 0.1) is 5.52 Å². The van der Waals surface area contributed by atoms with Gasteiger partial charge in [-0.15, -0.1) is 6.58 Å². The number of benzene rings is 1. The Balaban J connectivity index is 2.21. The van der Waals surface area contributed by atoms with Crippen LogP contribution < -0.4 is 0 Å². The van der Waals surface area contributed by atoms with E-state index in [1.807, 2.05) is 18.3 Å². The summed E-state index contributed by atoms with van der Waals surface area (Å²) in [5.41, 5.74) is 2.44. The average molecular weight is 268 g/mol. The lowest BCUT2D eigenvalue weighted by atomic mass is 10.1. The Kier molecular flexibility index (Phi) is 5.31. The average Bonchev–Trinajstić information content (AvgIpc) is 2.47. The zero-order valence-electron chi connectivity index (χ0n) is 12.5. The molecular formula is C18H24N2. The van der Waals surface area contributed by atoms with E-state index in [0.717, 1.165) is 25.2 Å². The maximum Gasteiger partial charge on any atom is 0.0705 e. The SMILES string of the molecule is C=CC(C)CN(CCC)Cc1ccnc2ccccc12. The fourth-order valence-corrected chi connectivity index (χ4v) is 2.57. The van der Waals surface area contributed by atoms with Crippen LogP contribution in [0.15, 0.2) is 49.2 Å². The Labute approximate surface area is 122 Å². The normalized spacial score (nSPS) is 12.8. The lowest BCUT2D eigenvalue weighted by Crippen LogP contribution is -2.28. The number of pyridine rings is 1. The van der Waals surface area contributed by atoms with Crippen molar-refractivity contribution >= 4 is 10.9 Å². The molecule has 106 valence electrons. The van der Waals surface area contributed by atoms with Gasteiger partial charge in [-0.2, -0.15) is 0 Å². The lowest BCUT2D eigenvalue weighted by Gasteiger charge is -2.24. The largest absolute Gasteiger partial charge is 0.298 e. The smallest absolute Gasteiger partial charge is 0.0705 e. The van der Waals surface area contributed by atoms with Crippen LogP contribution in [-0.2, 0) is 6.54 Å². The highest BCUT2D eigenvalue weighted by molar-refractivity contribution is 5.81. The maximum absolute atomic E-state index is 4.44. The molecule has 0 aliphatic rings. The Morgan fingerprint density at radius 1 is 1.30 bits per heavy atom. The molecule has 1 aromatic heterocycles. The van der Waals surface area contributed by atoms with Gasteiger partial charge in [0.25, 0.3) is 0 Å². The highest BCUT2D eigenvalue weighted by atomic mass is 15.1. The van der Waals surface area contributed by atoms with Gasteiger partial charge in [-0.25, -0.2) is 0 Å². The summed E-state index contributed by atoms with van der Waals surface area (Å²) in [5.74, 6) is 0.523. The molecule has 2 aromatic rings. The molecule has 20 heavy (non-hydrogen) atoms. The predicted octanol–water partition coefficient (Wildman–Crippen LogP) is 4.27. The van der Waals surface area contributed by atoms with Crippen LogP contribution in [0.2, 0.25) is 0 Å². The second-order valence-electron chi connectivity index (χ2n) is 5.44. The van der Waals surface area contributed by atoms with E-state index in [0.29, 0.717) is 5.92 Å². The van der Waals surface area contributed by atoms with E-state index in [-0.39, 0.29) is 0 Å². The van der Waals surface area contributed by atoms with E-state index >= 15 is 0 Å². The second kappa shape index (κ2) is 7.20. The molecule has 0 amide bonds. The molecule has 0 saturated heterocycles. The Bertz CT molecular complexity index is 557. The second-order valence-corrected chi connectivity index (χ2v) is 5.44. The molecule has 0 saturated carbocycles. The first-order valence-corrected chi connectivity index (χ1v) is 7.42. The summed E-state index contributed by atoms with van der Waals surface area (Å²) in [6.45, 7) is 11.5. The van der Waals surface area contributed by atoms with Crippen LogP contribution >= 0.6 is 0 Å². The monoisotopic (exact) mass is 268 g/mol. The van der Waals surface area contributed by atoms with Crippen molar-refractivity contribution in [2.75, 3.05) is 13.1 Å². The number of rotatable bonds is 7. The van der Waals surface area contributed by atoms with E-state index in [1.165, 1.54) is 17.4 Å². The third-order valence-electron chi connectivity index (χ3n) is 3.62.